The summed E-state index contributed by atoms with van der Waals surface area (Å²) in [6.07, 6.45) is 2.58. The third kappa shape index (κ3) is 2.71. The van der Waals surface area contributed by atoms with Crippen LogP contribution in [0.1, 0.15) is 33.6 Å². The SMILES string of the molecule is CCOC1CC(Nc2cccc(OC)c2)C1(C)CC. The van der Waals surface area contributed by atoms with Crippen molar-refractivity contribution in [3.63, 3.8) is 0 Å². The Kier molecular flexibility index (Phi) is 4.35. The van der Waals surface area contributed by atoms with Crippen LogP contribution >= 0.6 is 0 Å². The van der Waals surface area contributed by atoms with Crippen molar-refractivity contribution in [1.29, 1.82) is 0 Å². The number of rotatable bonds is 6. The molecule has 0 spiro atoms. The van der Waals surface area contributed by atoms with Crippen molar-refractivity contribution in [2.45, 2.75) is 45.8 Å². The quantitative estimate of drug-likeness (QED) is 0.849. The van der Waals surface area contributed by atoms with Crippen LogP contribution < -0.4 is 10.1 Å². The van der Waals surface area contributed by atoms with Gasteiger partial charge in [0.25, 0.3) is 0 Å². The van der Waals surface area contributed by atoms with Gasteiger partial charge in [-0.3, -0.25) is 0 Å². The van der Waals surface area contributed by atoms with E-state index in [0.29, 0.717) is 12.1 Å². The summed E-state index contributed by atoms with van der Waals surface area (Å²) in [6.45, 7) is 7.42. The lowest BCUT2D eigenvalue weighted by molar-refractivity contribution is -0.109. The van der Waals surface area contributed by atoms with Crippen LogP contribution in [0.15, 0.2) is 24.3 Å². The van der Waals surface area contributed by atoms with Crippen molar-refractivity contribution in [2.75, 3.05) is 19.0 Å². The van der Waals surface area contributed by atoms with Crippen LogP contribution in [0, 0.1) is 5.41 Å². The topological polar surface area (TPSA) is 30.5 Å². The van der Waals surface area contributed by atoms with E-state index < -0.39 is 0 Å². The van der Waals surface area contributed by atoms with Gasteiger partial charge in [0.2, 0.25) is 0 Å². The molecule has 1 fully saturated rings. The molecule has 0 aromatic heterocycles. The second kappa shape index (κ2) is 5.83. The van der Waals surface area contributed by atoms with Crippen molar-refractivity contribution in [1.82, 2.24) is 0 Å². The van der Waals surface area contributed by atoms with Gasteiger partial charge in [-0.2, -0.15) is 0 Å². The standard InChI is InChI=1S/C16H25NO2/c1-5-16(3)14(11-15(16)19-6-2)17-12-8-7-9-13(10-12)18-4/h7-10,14-15,17H,5-6,11H2,1-4H3. The number of anilines is 1. The number of methoxy groups -OCH3 is 1. The Bertz CT molecular complexity index is 421. The summed E-state index contributed by atoms with van der Waals surface area (Å²) in [5, 5.41) is 3.62. The molecule has 1 aromatic carbocycles. The predicted octanol–water partition coefficient (Wildman–Crippen LogP) is 3.70. The molecule has 0 saturated heterocycles. The predicted molar refractivity (Wildman–Crippen MR) is 78.8 cm³/mol. The van der Waals surface area contributed by atoms with Crippen LogP contribution in [-0.4, -0.2) is 25.9 Å². The molecule has 1 N–H and O–H groups in total. The van der Waals surface area contributed by atoms with Gasteiger partial charge in [0.1, 0.15) is 5.75 Å². The molecule has 1 aromatic rings. The number of benzene rings is 1. The molecule has 3 heteroatoms. The Morgan fingerprint density at radius 1 is 1.37 bits per heavy atom. The minimum absolute atomic E-state index is 0.221. The molecule has 3 atom stereocenters. The smallest absolute Gasteiger partial charge is 0.120 e. The lowest BCUT2D eigenvalue weighted by atomic mass is 9.61. The van der Waals surface area contributed by atoms with E-state index in [1.807, 2.05) is 18.2 Å². The maximum absolute atomic E-state index is 5.83. The average Bonchev–Trinajstić information content (AvgIpc) is 2.45. The highest BCUT2D eigenvalue weighted by Gasteiger charge is 2.51. The number of hydrogen-bond acceptors (Lipinski definition) is 3. The molecule has 0 amide bonds. The van der Waals surface area contributed by atoms with Gasteiger partial charge < -0.3 is 14.8 Å². The van der Waals surface area contributed by atoms with Gasteiger partial charge in [-0.15, -0.1) is 0 Å². The van der Waals surface area contributed by atoms with E-state index in [1.165, 1.54) is 0 Å². The molecule has 3 nitrogen and oxygen atoms in total. The molecule has 1 aliphatic rings. The number of ether oxygens (including phenoxy) is 2. The van der Waals surface area contributed by atoms with Crippen molar-refractivity contribution >= 4 is 5.69 Å². The van der Waals surface area contributed by atoms with Gasteiger partial charge in [0.05, 0.1) is 13.2 Å². The maximum Gasteiger partial charge on any atom is 0.120 e. The Hall–Kier alpha value is -1.22. The van der Waals surface area contributed by atoms with Crippen molar-refractivity contribution < 1.29 is 9.47 Å². The fourth-order valence-electron chi connectivity index (χ4n) is 2.89. The van der Waals surface area contributed by atoms with Gasteiger partial charge in [0, 0.05) is 29.8 Å². The molecular weight excluding hydrogens is 238 g/mol. The number of hydrogen-bond donors (Lipinski definition) is 1. The highest BCUT2D eigenvalue weighted by atomic mass is 16.5. The van der Waals surface area contributed by atoms with E-state index in [0.717, 1.165) is 30.9 Å². The Balaban J connectivity index is 2.03. The summed E-state index contributed by atoms with van der Waals surface area (Å²) in [5.41, 5.74) is 1.35. The minimum atomic E-state index is 0.221. The summed E-state index contributed by atoms with van der Waals surface area (Å²) in [4.78, 5) is 0. The third-order valence-corrected chi connectivity index (χ3v) is 4.52. The zero-order valence-corrected chi connectivity index (χ0v) is 12.4. The van der Waals surface area contributed by atoms with Crippen LogP contribution in [0.3, 0.4) is 0 Å². The molecular formula is C16H25NO2. The summed E-state index contributed by atoms with van der Waals surface area (Å²) in [5.74, 6) is 0.892. The molecule has 106 valence electrons. The molecule has 2 rings (SSSR count). The zero-order chi connectivity index (χ0) is 13.9. The first-order chi connectivity index (χ1) is 9.13. The summed E-state index contributed by atoms with van der Waals surface area (Å²) >= 11 is 0. The van der Waals surface area contributed by atoms with Crippen molar-refractivity contribution in [2.24, 2.45) is 5.41 Å². The normalized spacial score (nSPS) is 29.7. The fraction of sp³-hybridized carbons (Fsp3) is 0.625. The summed E-state index contributed by atoms with van der Waals surface area (Å²) in [7, 11) is 1.70. The van der Waals surface area contributed by atoms with E-state index in [1.54, 1.807) is 7.11 Å². The molecule has 1 saturated carbocycles. The second-order valence-electron chi connectivity index (χ2n) is 5.47. The van der Waals surface area contributed by atoms with Gasteiger partial charge in [0.15, 0.2) is 0 Å². The van der Waals surface area contributed by atoms with Crippen LogP contribution in [0.25, 0.3) is 0 Å². The summed E-state index contributed by atoms with van der Waals surface area (Å²) < 4.78 is 11.1. The summed E-state index contributed by atoms with van der Waals surface area (Å²) in [6, 6.07) is 8.59. The first kappa shape index (κ1) is 14.2. The van der Waals surface area contributed by atoms with E-state index >= 15 is 0 Å². The highest BCUT2D eigenvalue weighted by Crippen LogP contribution is 2.47. The van der Waals surface area contributed by atoms with Gasteiger partial charge >= 0.3 is 0 Å². The van der Waals surface area contributed by atoms with Gasteiger partial charge in [-0.25, -0.2) is 0 Å². The molecule has 19 heavy (non-hydrogen) atoms. The molecule has 3 unspecified atom stereocenters. The van der Waals surface area contributed by atoms with E-state index in [9.17, 15) is 0 Å². The molecule has 0 heterocycles. The Morgan fingerprint density at radius 3 is 2.79 bits per heavy atom. The molecule has 0 aliphatic heterocycles. The first-order valence-corrected chi connectivity index (χ1v) is 7.16. The Morgan fingerprint density at radius 2 is 2.16 bits per heavy atom. The largest absolute Gasteiger partial charge is 0.497 e. The Labute approximate surface area is 116 Å². The first-order valence-electron chi connectivity index (χ1n) is 7.16. The second-order valence-corrected chi connectivity index (χ2v) is 5.47. The van der Waals surface area contributed by atoms with Crippen LogP contribution in [0.4, 0.5) is 5.69 Å². The highest BCUT2D eigenvalue weighted by molar-refractivity contribution is 5.49. The average molecular weight is 263 g/mol. The molecule has 0 radical (unpaired) electrons. The zero-order valence-electron chi connectivity index (χ0n) is 12.4. The van der Waals surface area contributed by atoms with Crippen molar-refractivity contribution in [3.8, 4) is 5.75 Å². The molecule has 0 bridgehead atoms. The number of nitrogens with one attached hydrogen (secondary N) is 1. The van der Waals surface area contributed by atoms with Gasteiger partial charge in [-0.05, 0) is 31.9 Å². The van der Waals surface area contributed by atoms with Gasteiger partial charge in [-0.1, -0.05) is 19.9 Å². The lowest BCUT2D eigenvalue weighted by Gasteiger charge is -2.54. The van der Waals surface area contributed by atoms with Crippen LogP contribution in [0.5, 0.6) is 5.75 Å². The van der Waals surface area contributed by atoms with Crippen LogP contribution in [-0.2, 0) is 4.74 Å². The lowest BCUT2D eigenvalue weighted by Crippen LogP contribution is -2.59. The van der Waals surface area contributed by atoms with E-state index in [-0.39, 0.29) is 5.41 Å². The van der Waals surface area contributed by atoms with E-state index in [2.05, 4.69) is 32.2 Å². The van der Waals surface area contributed by atoms with Crippen LogP contribution in [0.2, 0.25) is 0 Å². The van der Waals surface area contributed by atoms with Crippen molar-refractivity contribution in [3.05, 3.63) is 24.3 Å². The maximum atomic E-state index is 5.83. The fourth-order valence-corrected chi connectivity index (χ4v) is 2.89. The third-order valence-electron chi connectivity index (χ3n) is 4.52. The van der Waals surface area contributed by atoms with E-state index in [4.69, 9.17) is 9.47 Å². The minimum Gasteiger partial charge on any atom is -0.497 e. The monoisotopic (exact) mass is 263 g/mol. The molecule has 1 aliphatic carbocycles.